The third-order valence-electron chi connectivity index (χ3n) is 5.28. The smallest absolute Gasteiger partial charge is 0.188 e. The maximum absolute atomic E-state index is 5.89. The number of methoxy groups -OCH3 is 1. The van der Waals surface area contributed by atoms with Gasteiger partial charge in [-0.15, -0.1) is 0 Å². The summed E-state index contributed by atoms with van der Waals surface area (Å²) in [5.41, 5.74) is 4.00. The monoisotopic (exact) mass is 387 g/mol. The van der Waals surface area contributed by atoms with Gasteiger partial charge in [-0.05, 0) is 50.2 Å². The molecule has 0 aliphatic heterocycles. The second-order valence-electron chi connectivity index (χ2n) is 7.00. The molecular formula is C23H34NO2P. The van der Waals surface area contributed by atoms with Gasteiger partial charge in [0.25, 0.3) is 0 Å². The van der Waals surface area contributed by atoms with Gasteiger partial charge in [-0.2, -0.15) is 0 Å². The van der Waals surface area contributed by atoms with Crippen molar-refractivity contribution in [1.82, 2.24) is 0 Å². The van der Waals surface area contributed by atoms with E-state index in [0.717, 1.165) is 25.3 Å². The second kappa shape index (κ2) is 10.1. The van der Waals surface area contributed by atoms with E-state index in [0.29, 0.717) is 8.58 Å². The molecule has 4 heteroatoms. The van der Waals surface area contributed by atoms with Gasteiger partial charge in [-0.3, -0.25) is 0 Å². The van der Waals surface area contributed by atoms with Crippen molar-refractivity contribution in [2.45, 2.75) is 46.2 Å². The van der Waals surface area contributed by atoms with Crippen LogP contribution in [0.25, 0.3) is 0 Å². The van der Waals surface area contributed by atoms with Crippen LogP contribution >= 0.6 is 8.58 Å². The highest BCUT2D eigenvalue weighted by atomic mass is 31.1. The number of ether oxygens (including phenoxy) is 2. The van der Waals surface area contributed by atoms with E-state index in [1.54, 1.807) is 7.11 Å². The molecule has 148 valence electrons. The fraction of sp³-hybridized carbons (Fsp3) is 0.478. The summed E-state index contributed by atoms with van der Waals surface area (Å²) in [4.78, 5) is 2.46. The molecule has 0 heterocycles. The average molecular weight is 388 g/mol. The lowest BCUT2D eigenvalue weighted by atomic mass is 9.96. The van der Waals surface area contributed by atoms with Crippen molar-refractivity contribution in [3.05, 3.63) is 53.6 Å². The summed E-state index contributed by atoms with van der Waals surface area (Å²) in [5, 5.41) is 1.48. The normalized spacial score (nSPS) is 13.7. The summed E-state index contributed by atoms with van der Waals surface area (Å²) in [6, 6.07) is 15.1. The van der Waals surface area contributed by atoms with Gasteiger partial charge in [0.1, 0.15) is 5.75 Å². The lowest BCUT2D eigenvalue weighted by molar-refractivity contribution is 0.0500. The fourth-order valence-corrected chi connectivity index (χ4v) is 5.16. The van der Waals surface area contributed by atoms with E-state index in [4.69, 9.17) is 9.47 Å². The first-order valence-electron chi connectivity index (χ1n) is 9.84. The molecule has 2 atom stereocenters. The Kier molecular flexibility index (Phi) is 8.13. The molecular weight excluding hydrogens is 353 g/mol. The lowest BCUT2D eigenvalue weighted by Gasteiger charge is -2.34. The SMILES string of the molecule is CCN(CC)c1cccc(C)c1PC(C)(CC)c1ccccc1OCOC. The molecule has 3 nitrogen and oxygen atoms in total. The predicted molar refractivity (Wildman–Crippen MR) is 119 cm³/mol. The summed E-state index contributed by atoms with van der Waals surface area (Å²) >= 11 is 0. The van der Waals surface area contributed by atoms with Gasteiger partial charge in [-0.1, -0.05) is 52.8 Å². The van der Waals surface area contributed by atoms with E-state index in [2.05, 4.69) is 75.9 Å². The zero-order chi connectivity index (χ0) is 19.9. The molecule has 0 aliphatic rings. The molecule has 0 saturated carbocycles. The van der Waals surface area contributed by atoms with E-state index >= 15 is 0 Å². The van der Waals surface area contributed by atoms with E-state index in [1.807, 2.05) is 6.07 Å². The molecule has 2 rings (SSSR count). The lowest BCUT2D eigenvalue weighted by Crippen LogP contribution is -2.29. The molecule has 0 saturated heterocycles. The van der Waals surface area contributed by atoms with Crippen molar-refractivity contribution in [3.63, 3.8) is 0 Å². The molecule has 0 amide bonds. The first-order chi connectivity index (χ1) is 13.0. The van der Waals surface area contributed by atoms with Crippen molar-refractivity contribution >= 4 is 19.6 Å². The zero-order valence-corrected chi connectivity index (χ0v) is 18.6. The quantitative estimate of drug-likeness (QED) is 0.399. The van der Waals surface area contributed by atoms with Gasteiger partial charge < -0.3 is 14.4 Å². The number of aryl methyl sites for hydroxylation is 1. The summed E-state index contributed by atoms with van der Waals surface area (Å²) in [6.07, 6.45) is 1.05. The molecule has 0 spiro atoms. The predicted octanol–water partition coefficient (Wildman–Crippen LogP) is 5.45. The van der Waals surface area contributed by atoms with Crippen molar-refractivity contribution < 1.29 is 9.47 Å². The van der Waals surface area contributed by atoms with Crippen LogP contribution < -0.4 is 14.9 Å². The van der Waals surface area contributed by atoms with E-state index in [-0.39, 0.29) is 11.9 Å². The number of rotatable bonds is 10. The molecule has 0 N–H and O–H groups in total. The van der Waals surface area contributed by atoms with Crippen LogP contribution in [-0.4, -0.2) is 27.0 Å². The number of hydrogen-bond acceptors (Lipinski definition) is 3. The second-order valence-corrected chi connectivity index (χ2v) is 8.85. The van der Waals surface area contributed by atoms with Gasteiger partial charge >= 0.3 is 0 Å². The highest BCUT2D eigenvalue weighted by Crippen LogP contribution is 2.48. The van der Waals surface area contributed by atoms with E-state index in [9.17, 15) is 0 Å². The van der Waals surface area contributed by atoms with E-state index in [1.165, 1.54) is 22.1 Å². The maximum Gasteiger partial charge on any atom is 0.188 e. The summed E-state index contributed by atoms with van der Waals surface area (Å²) in [5.74, 6) is 0.925. The largest absolute Gasteiger partial charge is 0.467 e. The van der Waals surface area contributed by atoms with Gasteiger partial charge in [0.05, 0.1) is 0 Å². The van der Waals surface area contributed by atoms with Crippen LogP contribution in [0.3, 0.4) is 0 Å². The maximum atomic E-state index is 5.89. The number of para-hydroxylation sites is 1. The number of benzene rings is 2. The third kappa shape index (κ3) is 5.03. The zero-order valence-electron chi connectivity index (χ0n) is 17.6. The van der Waals surface area contributed by atoms with Crippen LogP contribution in [0.15, 0.2) is 42.5 Å². The minimum absolute atomic E-state index is 0.0123. The molecule has 27 heavy (non-hydrogen) atoms. The van der Waals surface area contributed by atoms with Crippen LogP contribution in [-0.2, 0) is 9.89 Å². The van der Waals surface area contributed by atoms with Crippen LogP contribution in [0.4, 0.5) is 5.69 Å². The Labute approximate surface area is 166 Å². The Hall–Kier alpha value is -1.57. The molecule has 0 radical (unpaired) electrons. The first kappa shape index (κ1) is 21.7. The summed E-state index contributed by atoms with van der Waals surface area (Å²) in [7, 11) is 2.32. The number of anilines is 1. The molecule has 2 aromatic carbocycles. The Morgan fingerprint density at radius 1 is 1.00 bits per heavy atom. The fourth-order valence-electron chi connectivity index (χ4n) is 3.44. The minimum atomic E-state index is 0.0123. The first-order valence-corrected chi connectivity index (χ1v) is 10.8. The molecule has 0 fully saturated rings. The highest BCUT2D eigenvalue weighted by molar-refractivity contribution is 7.49. The summed E-state index contributed by atoms with van der Waals surface area (Å²) in [6.45, 7) is 13.6. The minimum Gasteiger partial charge on any atom is -0.467 e. The topological polar surface area (TPSA) is 21.7 Å². The van der Waals surface area contributed by atoms with Gasteiger partial charge in [0.15, 0.2) is 6.79 Å². The average Bonchev–Trinajstić information content (AvgIpc) is 2.69. The molecule has 0 aliphatic carbocycles. The highest BCUT2D eigenvalue weighted by Gasteiger charge is 2.30. The molecule has 2 unspecified atom stereocenters. The Balaban J connectivity index is 2.48. The van der Waals surface area contributed by atoms with Gasteiger partial charge in [0, 0.05) is 36.6 Å². The van der Waals surface area contributed by atoms with Crippen molar-refractivity contribution in [2.75, 3.05) is 31.9 Å². The van der Waals surface area contributed by atoms with Crippen LogP contribution in [0.1, 0.15) is 45.2 Å². The van der Waals surface area contributed by atoms with E-state index < -0.39 is 0 Å². The number of nitrogens with zero attached hydrogens (tertiary/aromatic N) is 1. The summed E-state index contributed by atoms with van der Waals surface area (Å²) < 4.78 is 11.0. The number of hydrogen-bond donors (Lipinski definition) is 0. The standard InChI is InChI=1S/C23H34NO2P/c1-7-23(5,19-14-10-11-16-21(19)26-17-25-6)27-22-18(4)13-12-15-20(22)24(8-2)9-3/h10-16,27H,7-9,17H2,1-6H3. The third-order valence-corrected chi connectivity index (χ3v) is 7.35. The van der Waals surface area contributed by atoms with Gasteiger partial charge in [-0.25, -0.2) is 0 Å². The van der Waals surface area contributed by atoms with Crippen molar-refractivity contribution in [3.8, 4) is 5.75 Å². The van der Waals surface area contributed by atoms with Crippen molar-refractivity contribution in [2.24, 2.45) is 0 Å². The Morgan fingerprint density at radius 3 is 2.33 bits per heavy atom. The molecule has 0 bridgehead atoms. The van der Waals surface area contributed by atoms with Crippen molar-refractivity contribution in [1.29, 1.82) is 0 Å². The van der Waals surface area contributed by atoms with Crippen LogP contribution in [0.2, 0.25) is 0 Å². The van der Waals surface area contributed by atoms with Crippen LogP contribution in [0, 0.1) is 6.92 Å². The van der Waals surface area contributed by atoms with Crippen LogP contribution in [0.5, 0.6) is 5.75 Å². The molecule has 0 aromatic heterocycles. The Morgan fingerprint density at radius 2 is 1.70 bits per heavy atom. The molecule has 2 aromatic rings. The Bertz CT molecular complexity index is 730. The van der Waals surface area contributed by atoms with Gasteiger partial charge in [0.2, 0.25) is 0 Å².